The normalized spacial score (nSPS) is 23.8. The van der Waals surface area contributed by atoms with E-state index in [2.05, 4.69) is 4.72 Å². The Morgan fingerprint density at radius 3 is 2.64 bits per heavy atom. The summed E-state index contributed by atoms with van der Waals surface area (Å²) < 4.78 is 39.0. The van der Waals surface area contributed by atoms with Crippen molar-refractivity contribution in [3.05, 3.63) is 36.4 Å². The molecular weight excluding hydrogens is 322 g/mol. The first-order valence-corrected chi connectivity index (χ1v) is 9.94. The van der Waals surface area contributed by atoms with Crippen LogP contribution in [0.5, 0.6) is 0 Å². The van der Waals surface area contributed by atoms with E-state index in [1.807, 2.05) is 24.5 Å². The number of rotatable bonds is 4. The highest BCUT2D eigenvalue weighted by Gasteiger charge is 2.39. The van der Waals surface area contributed by atoms with Crippen LogP contribution in [0.25, 0.3) is 0 Å². The van der Waals surface area contributed by atoms with Crippen LogP contribution in [-0.4, -0.2) is 38.9 Å². The first kappa shape index (κ1) is 15.9. The topological polar surface area (TPSA) is 64.6 Å². The molecule has 22 heavy (non-hydrogen) atoms. The van der Waals surface area contributed by atoms with Crippen LogP contribution in [0.1, 0.15) is 12.8 Å². The SMILES string of the molecule is CSc1ccccc1NS(=O)(=O)C1C=CC2(CC1)OCCO2. The van der Waals surface area contributed by atoms with Gasteiger partial charge in [0.15, 0.2) is 5.79 Å². The molecule has 0 saturated carbocycles. The smallest absolute Gasteiger partial charge is 0.239 e. The number of anilines is 1. The molecule has 1 atom stereocenters. The third kappa shape index (κ3) is 3.17. The van der Waals surface area contributed by atoms with Gasteiger partial charge in [-0.15, -0.1) is 11.8 Å². The van der Waals surface area contributed by atoms with E-state index in [4.69, 9.17) is 9.47 Å². The van der Waals surface area contributed by atoms with E-state index >= 15 is 0 Å². The number of sulfonamides is 1. The van der Waals surface area contributed by atoms with Gasteiger partial charge in [0.1, 0.15) is 0 Å². The summed E-state index contributed by atoms with van der Waals surface area (Å²) in [6.45, 7) is 1.11. The monoisotopic (exact) mass is 341 g/mol. The Kier molecular flexibility index (Phi) is 4.49. The average Bonchev–Trinajstić information content (AvgIpc) is 2.96. The Bertz CT molecular complexity index is 666. The summed E-state index contributed by atoms with van der Waals surface area (Å²) in [7, 11) is -3.48. The van der Waals surface area contributed by atoms with Crippen LogP contribution >= 0.6 is 11.8 Å². The quantitative estimate of drug-likeness (QED) is 0.674. The van der Waals surface area contributed by atoms with Gasteiger partial charge in [-0.25, -0.2) is 8.42 Å². The standard InChI is InChI=1S/C15H19NO4S2/c1-21-14-5-3-2-4-13(14)16-22(17,18)12-6-8-15(9-7-12)19-10-11-20-15/h2-6,8,12,16H,7,9-11H2,1H3. The molecule has 0 radical (unpaired) electrons. The van der Waals surface area contributed by atoms with Crippen molar-refractivity contribution in [1.29, 1.82) is 0 Å². The second-order valence-corrected chi connectivity index (χ2v) is 8.04. The summed E-state index contributed by atoms with van der Waals surface area (Å²) in [5.41, 5.74) is 0.622. The van der Waals surface area contributed by atoms with Crippen molar-refractivity contribution in [3.63, 3.8) is 0 Å². The molecule has 7 heteroatoms. The largest absolute Gasteiger partial charge is 0.344 e. The first-order chi connectivity index (χ1) is 10.5. The molecule has 1 aromatic rings. The fraction of sp³-hybridized carbons (Fsp3) is 0.467. The summed E-state index contributed by atoms with van der Waals surface area (Å²) >= 11 is 1.51. The van der Waals surface area contributed by atoms with E-state index in [1.54, 1.807) is 18.2 Å². The van der Waals surface area contributed by atoms with E-state index in [0.29, 0.717) is 31.7 Å². The highest BCUT2D eigenvalue weighted by Crippen LogP contribution is 2.34. The molecule has 1 aliphatic carbocycles. The van der Waals surface area contributed by atoms with Gasteiger partial charge in [-0.05, 0) is 30.9 Å². The van der Waals surface area contributed by atoms with Gasteiger partial charge in [-0.1, -0.05) is 18.2 Å². The molecule has 1 N–H and O–H groups in total. The number of thioether (sulfide) groups is 1. The third-order valence-corrected chi connectivity index (χ3v) is 6.37. The molecule has 5 nitrogen and oxygen atoms in total. The zero-order chi connectivity index (χ0) is 15.6. The Morgan fingerprint density at radius 2 is 2.00 bits per heavy atom. The summed E-state index contributed by atoms with van der Waals surface area (Å²) in [5, 5.41) is -0.569. The van der Waals surface area contributed by atoms with E-state index in [9.17, 15) is 8.42 Å². The highest BCUT2D eigenvalue weighted by molar-refractivity contribution is 7.99. The van der Waals surface area contributed by atoms with Crippen LogP contribution in [0.15, 0.2) is 41.3 Å². The Hall–Kier alpha value is -1.02. The number of nitrogens with one attached hydrogen (secondary N) is 1. The number of ether oxygens (including phenoxy) is 2. The molecule has 1 fully saturated rings. The lowest BCUT2D eigenvalue weighted by molar-refractivity contribution is -0.124. The van der Waals surface area contributed by atoms with Crippen LogP contribution in [0, 0.1) is 0 Å². The van der Waals surface area contributed by atoms with Gasteiger partial charge in [0.25, 0.3) is 0 Å². The van der Waals surface area contributed by atoms with E-state index in [-0.39, 0.29) is 0 Å². The molecular formula is C15H19NO4S2. The zero-order valence-electron chi connectivity index (χ0n) is 12.3. The van der Waals surface area contributed by atoms with Gasteiger partial charge in [0.05, 0.1) is 24.2 Å². The minimum absolute atomic E-state index is 0.479. The van der Waals surface area contributed by atoms with Crippen molar-refractivity contribution >= 4 is 27.5 Å². The van der Waals surface area contributed by atoms with E-state index in [0.717, 1.165) is 4.90 Å². The maximum Gasteiger partial charge on any atom is 0.239 e. The molecule has 1 saturated heterocycles. The maximum atomic E-state index is 12.6. The van der Waals surface area contributed by atoms with Gasteiger partial charge in [-0.3, -0.25) is 4.72 Å². The second-order valence-electron chi connectivity index (χ2n) is 5.29. The predicted molar refractivity (Wildman–Crippen MR) is 87.6 cm³/mol. The third-order valence-electron chi connectivity index (χ3n) is 3.88. The molecule has 0 bridgehead atoms. The Labute approximate surface area is 135 Å². The average molecular weight is 341 g/mol. The lowest BCUT2D eigenvalue weighted by atomic mass is 10.0. The Morgan fingerprint density at radius 1 is 1.27 bits per heavy atom. The molecule has 1 aromatic carbocycles. The minimum atomic E-state index is -3.48. The van der Waals surface area contributed by atoms with Gasteiger partial charge in [-0.2, -0.15) is 0 Å². The van der Waals surface area contributed by atoms with Crippen LogP contribution in [0.2, 0.25) is 0 Å². The van der Waals surface area contributed by atoms with Crippen LogP contribution in [-0.2, 0) is 19.5 Å². The minimum Gasteiger partial charge on any atom is -0.344 e. The van der Waals surface area contributed by atoms with Crippen molar-refractivity contribution in [2.45, 2.75) is 28.8 Å². The molecule has 1 unspecified atom stereocenters. The van der Waals surface area contributed by atoms with Crippen molar-refractivity contribution in [2.75, 3.05) is 24.2 Å². The highest BCUT2D eigenvalue weighted by atomic mass is 32.2. The lowest BCUT2D eigenvalue weighted by Gasteiger charge is -2.30. The molecule has 1 aliphatic heterocycles. The molecule has 3 rings (SSSR count). The fourth-order valence-corrected chi connectivity index (χ4v) is 4.67. The van der Waals surface area contributed by atoms with E-state index < -0.39 is 21.1 Å². The molecule has 1 heterocycles. The van der Waals surface area contributed by atoms with Gasteiger partial charge in [0, 0.05) is 11.3 Å². The first-order valence-electron chi connectivity index (χ1n) is 7.17. The van der Waals surface area contributed by atoms with Crippen molar-refractivity contribution in [1.82, 2.24) is 0 Å². The molecule has 120 valence electrons. The van der Waals surface area contributed by atoms with Crippen LogP contribution in [0.4, 0.5) is 5.69 Å². The van der Waals surface area contributed by atoms with Crippen molar-refractivity contribution < 1.29 is 17.9 Å². The summed E-state index contributed by atoms with van der Waals surface area (Å²) in [6.07, 6.45) is 6.38. The number of benzene rings is 1. The number of hydrogen-bond acceptors (Lipinski definition) is 5. The maximum absolute atomic E-state index is 12.6. The number of para-hydroxylation sites is 1. The van der Waals surface area contributed by atoms with Crippen LogP contribution < -0.4 is 4.72 Å². The molecule has 0 aromatic heterocycles. The molecule has 2 aliphatic rings. The predicted octanol–water partition coefficient (Wildman–Crippen LogP) is 2.61. The summed E-state index contributed by atoms with van der Waals surface area (Å²) in [4.78, 5) is 0.907. The van der Waals surface area contributed by atoms with Gasteiger partial charge in [0.2, 0.25) is 10.0 Å². The molecule has 0 amide bonds. The van der Waals surface area contributed by atoms with Crippen molar-refractivity contribution in [3.8, 4) is 0 Å². The van der Waals surface area contributed by atoms with Crippen LogP contribution in [0.3, 0.4) is 0 Å². The fourth-order valence-electron chi connectivity index (χ4n) is 2.70. The lowest BCUT2D eigenvalue weighted by Crippen LogP contribution is -2.36. The van der Waals surface area contributed by atoms with Gasteiger partial charge < -0.3 is 9.47 Å². The van der Waals surface area contributed by atoms with Crippen molar-refractivity contribution in [2.24, 2.45) is 0 Å². The summed E-state index contributed by atoms with van der Waals surface area (Å²) in [5.74, 6) is -0.705. The zero-order valence-corrected chi connectivity index (χ0v) is 14.0. The van der Waals surface area contributed by atoms with Gasteiger partial charge >= 0.3 is 0 Å². The summed E-state index contributed by atoms with van der Waals surface area (Å²) in [6, 6.07) is 7.39. The molecule has 1 spiro atoms. The second kappa shape index (κ2) is 6.23. The Balaban J connectivity index is 1.76. The number of hydrogen-bond donors (Lipinski definition) is 1. The van der Waals surface area contributed by atoms with E-state index in [1.165, 1.54) is 11.8 Å².